The SMILES string of the molecule is CC(=O)NCC(=O)N1CCCCC1c1nc(C)c2c(n1)N(CC1CCOCC1)CCC2. The van der Waals surface area contributed by atoms with Gasteiger partial charge in [0, 0.05) is 51.0 Å². The van der Waals surface area contributed by atoms with Crippen LogP contribution in [0.15, 0.2) is 0 Å². The van der Waals surface area contributed by atoms with Gasteiger partial charge in [0.25, 0.3) is 0 Å². The largest absolute Gasteiger partial charge is 0.381 e. The Bertz CT molecular complexity index is 809. The van der Waals surface area contributed by atoms with Crippen LogP contribution in [0.5, 0.6) is 0 Å². The fourth-order valence-electron chi connectivity index (χ4n) is 5.08. The van der Waals surface area contributed by atoms with E-state index in [0.29, 0.717) is 12.5 Å². The van der Waals surface area contributed by atoms with Gasteiger partial charge in [-0.15, -0.1) is 0 Å². The van der Waals surface area contributed by atoms with Gasteiger partial charge in [-0.05, 0) is 57.8 Å². The van der Waals surface area contributed by atoms with E-state index in [2.05, 4.69) is 17.1 Å². The first-order chi connectivity index (χ1) is 15.0. The molecule has 170 valence electrons. The second-order valence-corrected chi connectivity index (χ2v) is 9.08. The molecule has 4 heterocycles. The predicted molar refractivity (Wildman–Crippen MR) is 118 cm³/mol. The van der Waals surface area contributed by atoms with Crippen molar-refractivity contribution in [2.75, 3.05) is 44.3 Å². The summed E-state index contributed by atoms with van der Waals surface area (Å²) in [6, 6.07) is -0.120. The maximum absolute atomic E-state index is 12.8. The summed E-state index contributed by atoms with van der Waals surface area (Å²) in [6.45, 7) is 7.98. The number of fused-ring (bicyclic) bond motifs is 1. The molecule has 1 unspecified atom stereocenters. The summed E-state index contributed by atoms with van der Waals surface area (Å²) in [4.78, 5) is 38.4. The molecule has 0 radical (unpaired) electrons. The highest BCUT2D eigenvalue weighted by molar-refractivity contribution is 5.84. The average Bonchev–Trinajstić information content (AvgIpc) is 2.78. The first-order valence-electron chi connectivity index (χ1n) is 11.8. The zero-order valence-electron chi connectivity index (χ0n) is 18.9. The van der Waals surface area contributed by atoms with Gasteiger partial charge in [0.1, 0.15) is 5.82 Å². The highest BCUT2D eigenvalue weighted by Crippen LogP contribution is 2.34. The molecule has 1 N–H and O–H groups in total. The van der Waals surface area contributed by atoms with Crippen LogP contribution in [0.2, 0.25) is 0 Å². The molecule has 8 nitrogen and oxygen atoms in total. The Morgan fingerprint density at radius 3 is 2.68 bits per heavy atom. The molecule has 1 aromatic heterocycles. The number of rotatable bonds is 5. The Morgan fingerprint density at radius 1 is 1.10 bits per heavy atom. The Labute approximate surface area is 184 Å². The van der Waals surface area contributed by atoms with Crippen LogP contribution in [0.25, 0.3) is 0 Å². The van der Waals surface area contributed by atoms with E-state index in [1.165, 1.54) is 12.5 Å². The number of aryl methyl sites for hydroxylation is 1. The normalized spacial score (nSPS) is 22.2. The minimum absolute atomic E-state index is 0.0334. The second-order valence-electron chi connectivity index (χ2n) is 9.08. The quantitative estimate of drug-likeness (QED) is 0.772. The summed E-state index contributed by atoms with van der Waals surface area (Å²) in [5, 5.41) is 2.64. The summed E-state index contributed by atoms with van der Waals surface area (Å²) in [5.41, 5.74) is 2.30. The number of aromatic nitrogens is 2. The number of amides is 2. The van der Waals surface area contributed by atoms with Gasteiger partial charge in [0.05, 0.1) is 12.6 Å². The maximum Gasteiger partial charge on any atom is 0.242 e. The summed E-state index contributed by atoms with van der Waals surface area (Å²) < 4.78 is 5.54. The van der Waals surface area contributed by atoms with Crippen molar-refractivity contribution < 1.29 is 14.3 Å². The van der Waals surface area contributed by atoms with Crippen LogP contribution in [0.4, 0.5) is 5.82 Å². The molecular formula is C23H35N5O3. The molecule has 2 saturated heterocycles. The van der Waals surface area contributed by atoms with E-state index in [0.717, 1.165) is 88.6 Å². The summed E-state index contributed by atoms with van der Waals surface area (Å²) >= 11 is 0. The maximum atomic E-state index is 12.8. The fraction of sp³-hybridized carbons (Fsp3) is 0.739. The monoisotopic (exact) mass is 429 g/mol. The summed E-state index contributed by atoms with van der Waals surface area (Å²) in [6.07, 6.45) is 7.26. The fourth-order valence-corrected chi connectivity index (χ4v) is 5.08. The second kappa shape index (κ2) is 9.94. The van der Waals surface area contributed by atoms with E-state index in [4.69, 9.17) is 14.7 Å². The number of ether oxygens (including phenoxy) is 1. The van der Waals surface area contributed by atoms with E-state index in [1.54, 1.807) is 0 Å². The van der Waals surface area contributed by atoms with Crippen molar-refractivity contribution in [1.29, 1.82) is 0 Å². The third-order valence-electron chi connectivity index (χ3n) is 6.79. The van der Waals surface area contributed by atoms with Crippen molar-refractivity contribution in [1.82, 2.24) is 20.2 Å². The predicted octanol–water partition coefficient (Wildman–Crippen LogP) is 2.15. The summed E-state index contributed by atoms with van der Waals surface area (Å²) in [7, 11) is 0. The molecule has 0 spiro atoms. The highest BCUT2D eigenvalue weighted by atomic mass is 16.5. The number of hydrogen-bond donors (Lipinski definition) is 1. The van der Waals surface area contributed by atoms with E-state index < -0.39 is 0 Å². The van der Waals surface area contributed by atoms with Crippen LogP contribution in [-0.4, -0.2) is 66.1 Å². The van der Waals surface area contributed by atoms with Crippen molar-refractivity contribution >= 4 is 17.6 Å². The zero-order chi connectivity index (χ0) is 21.8. The Kier molecular flexibility index (Phi) is 7.05. The molecular weight excluding hydrogens is 394 g/mol. The van der Waals surface area contributed by atoms with Gasteiger partial charge < -0.3 is 19.9 Å². The van der Waals surface area contributed by atoms with Gasteiger partial charge in [-0.2, -0.15) is 0 Å². The number of nitrogens with one attached hydrogen (secondary N) is 1. The Balaban J connectivity index is 1.57. The minimum Gasteiger partial charge on any atom is -0.381 e. The molecule has 2 amide bonds. The molecule has 2 fully saturated rings. The Hall–Kier alpha value is -2.22. The van der Waals surface area contributed by atoms with Crippen LogP contribution < -0.4 is 10.2 Å². The third kappa shape index (κ3) is 5.17. The number of anilines is 1. The first-order valence-corrected chi connectivity index (χ1v) is 11.8. The number of likely N-dealkylation sites (tertiary alicyclic amines) is 1. The van der Waals surface area contributed by atoms with Crippen molar-refractivity contribution in [3.05, 3.63) is 17.1 Å². The van der Waals surface area contributed by atoms with Crippen molar-refractivity contribution in [3.63, 3.8) is 0 Å². The molecule has 4 rings (SSSR count). The average molecular weight is 430 g/mol. The van der Waals surface area contributed by atoms with Gasteiger partial charge in [-0.1, -0.05) is 0 Å². The molecule has 0 aliphatic carbocycles. The molecule has 0 saturated carbocycles. The number of hydrogen-bond acceptors (Lipinski definition) is 6. The van der Waals surface area contributed by atoms with Gasteiger partial charge in [0.2, 0.25) is 11.8 Å². The lowest BCUT2D eigenvalue weighted by molar-refractivity contribution is -0.136. The topological polar surface area (TPSA) is 87.7 Å². The molecule has 1 atom stereocenters. The molecule has 1 aromatic rings. The molecule has 8 heteroatoms. The van der Waals surface area contributed by atoms with Crippen molar-refractivity contribution in [2.24, 2.45) is 5.92 Å². The van der Waals surface area contributed by atoms with Crippen molar-refractivity contribution in [2.45, 2.75) is 64.8 Å². The first kappa shape index (κ1) is 22.0. The van der Waals surface area contributed by atoms with Crippen LogP contribution in [-0.2, 0) is 20.7 Å². The van der Waals surface area contributed by atoms with Crippen LogP contribution in [0.3, 0.4) is 0 Å². The Morgan fingerprint density at radius 2 is 1.90 bits per heavy atom. The van der Waals surface area contributed by atoms with Gasteiger partial charge >= 0.3 is 0 Å². The number of piperidine rings is 1. The molecule has 31 heavy (non-hydrogen) atoms. The molecule has 3 aliphatic heterocycles. The van der Waals surface area contributed by atoms with E-state index in [9.17, 15) is 9.59 Å². The van der Waals surface area contributed by atoms with Crippen LogP contribution in [0.1, 0.15) is 68.6 Å². The molecule has 3 aliphatic rings. The zero-order valence-corrected chi connectivity index (χ0v) is 18.9. The summed E-state index contributed by atoms with van der Waals surface area (Å²) in [5.74, 6) is 2.22. The van der Waals surface area contributed by atoms with Gasteiger partial charge in [-0.3, -0.25) is 9.59 Å². The van der Waals surface area contributed by atoms with Gasteiger partial charge in [-0.25, -0.2) is 9.97 Å². The lowest BCUT2D eigenvalue weighted by atomic mass is 9.96. The number of nitrogens with zero attached hydrogens (tertiary/aromatic N) is 4. The number of carbonyl (C=O) groups excluding carboxylic acids is 2. The van der Waals surface area contributed by atoms with E-state index in [1.807, 2.05) is 4.90 Å². The van der Waals surface area contributed by atoms with E-state index >= 15 is 0 Å². The third-order valence-corrected chi connectivity index (χ3v) is 6.79. The highest BCUT2D eigenvalue weighted by Gasteiger charge is 2.32. The van der Waals surface area contributed by atoms with Crippen LogP contribution in [0, 0.1) is 12.8 Å². The number of carbonyl (C=O) groups is 2. The van der Waals surface area contributed by atoms with Gasteiger partial charge in [0.15, 0.2) is 5.82 Å². The molecule has 0 bridgehead atoms. The smallest absolute Gasteiger partial charge is 0.242 e. The lowest BCUT2D eigenvalue weighted by Gasteiger charge is -2.38. The van der Waals surface area contributed by atoms with Crippen molar-refractivity contribution in [3.8, 4) is 0 Å². The lowest BCUT2D eigenvalue weighted by Crippen LogP contribution is -2.44. The molecule has 0 aromatic carbocycles. The minimum atomic E-state index is -0.188. The van der Waals surface area contributed by atoms with E-state index in [-0.39, 0.29) is 24.4 Å². The standard InChI is InChI=1S/C23H35N5O3/c1-16-19-6-5-10-27(15-18-8-12-31-13-9-18)23(19)26-22(25-16)20-7-3-4-11-28(20)21(30)14-24-17(2)29/h18,20H,3-15H2,1-2H3,(H,24,29). The van der Waals surface area contributed by atoms with Crippen LogP contribution >= 0.6 is 0 Å².